The topological polar surface area (TPSA) is 16.1 Å². The quantitative estimate of drug-likeness (QED) is 0.760. The van der Waals surface area contributed by atoms with E-state index in [0.717, 1.165) is 0 Å². The van der Waals surface area contributed by atoms with Crippen molar-refractivity contribution in [3.63, 3.8) is 0 Å². The monoisotopic (exact) mass is 212 g/mol. The SMILES string of the molecule is Cc1ccc(-c2ccncc2)cc1N(C)C. The van der Waals surface area contributed by atoms with E-state index in [9.17, 15) is 0 Å². The van der Waals surface area contributed by atoms with Crippen molar-refractivity contribution >= 4 is 5.69 Å². The minimum absolute atomic E-state index is 1.21. The lowest BCUT2D eigenvalue weighted by Crippen LogP contribution is -2.10. The highest BCUT2D eigenvalue weighted by Crippen LogP contribution is 2.26. The third-order valence-electron chi connectivity index (χ3n) is 2.70. The number of hydrogen-bond acceptors (Lipinski definition) is 2. The molecule has 0 fully saturated rings. The van der Waals surface area contributed by atoms with Crippen LogP contribution in [0.4, 0.5) is 5.69 Å². The van der Waals surface area contributed by atoms with Crippen LogP contribution in [0.2, 0.25) is 0 Å². The number of aromatic nitrogens is 1. The van der Waals surface area contributed by atoms with E-state index in [1.54, 1.807) is 0 Å². The van der Waals surface area contributed by atoms with Gasteiger partial charge in [-0.2, -0.15) is 0 Å². The average molecular weight is 212 g/mol. The molecule has 0 amide bonds. The van der Waals surface area contributed by atoms with Crippen molar-refractivity contribution in [3.05, 3.63) is 48.3 Å². The number of aryl methyl sites for hydroxylation is 1. The van der Waals surface area contributed by atoms with E-state index in [1.165, 1.54) is 22.4 Å². The lowest BCUT2D eigenvalue weighted by atomic mass is 10.0. The summed E-state index contributed by atoms with van der Waals surface area (Å²) >= 11 is 0. The number of hydrogen-bond donors (Lipinski definition) is 0. The molecule has 1 heterocycles. The molecule has 0 saturated carbocycles. The molecule has 0 N–H and O–H groups in total. The van der Waals surface area contributed by atoms with Crippen LogP contribution < -0.4 is 4.90 Å². The van der Waals surface area contributed by atoms with E-state index < -0.39 is 0 Å². The second-order valence-corrected chi connectivity index (χ2v) is 4.13. The first-order valence-electron chi connectivity index (χ1n) is 5.37. The lowest BCUT2D eigenvalue weighted by Gasteiger charge is -2.16. The van der Waals surface area contributed by atoms with Gasteiger partial charge in [-0.1, -0.05) is 12.1 Å². The molecule has 0 bridgehead atoms. The summed E-state index contributed by atoms with van der Waals surface area (Å²) in [6.45, 7) is 2.13. The van der Waals surface area contributed by atoms with Crippen molar-refractivity contribution in [2.75, 3.05) is 19.0 Å². The molecular formula is C14H16N2. The molecule has 0 atom stereocenters. The number of anilines is 1. The van der Waals surface area contributed by atoms with Crippen LogP contribution in [0.15, 0.2) is 42.7 Å². The lowest BCUT2D eigenvalue weighted by molar-refractivity contribution is 1.11. The number of pyridine rings is 1. The second kappa shape index (κ2) is 4.35. The van der Waals surface area contributed by atoms with E-state index in [4.69, 9.17) is 0 Å². The molecule has 0 aliphatic carbocycles. The van der Waals surface area contributed by atoms with Crippen molar-refractivity contribution in [1.29, 1.82) is 0 Å². The van der Waals surface area contributed by atoms with Crippen LogP contribution in [0.1, 0.15) is 5.56 Å². The fourth-order valence-electron chi connectivity index (χ4n) is 1.82. The van der Waals surface area contributed by atoms with Crippen LogP contribution in [0.25, 0.3) is 11.1 Å². The Morgan fingerprint density at radius 3 is 2.25 bits per heavy atom. The van der Waals surface area contributed by atoms with Gasteiger partial charge in [0.15, 0.2) is 0 Å². The number of nitrogens with zero attached hydrogens (tertiary/aromatic N) is 2. The Hall–Kier alpha value is -1.83. The van der Waals surface area contributed by atoms with Gasteiger partial charge in [0.25, 0.3) is 0 Å². The maximum absolute atomic E-state index is 4.04. The highest BCUT2D eigenvalue weighted by Gasteiger charge is 2.03. The van der Waals surface area contributed by atoms with Gasteiger partial charge in [-0.25, -0.2) is 0 Å². The summed E-state index contributed by atoms with van der Waals surface area (Å²) in [5, 5.41) is 0. The molecule has 2 rings (SSSR count). The molecule has 16 heavy (non-hydrogen) atoms. The molecule has 2 nitrogen and oxygen atoms in total. The van der Waals surface area contributed by atoms with Crippen LogP contribution in [-0.4, -0.2) is 19.1 Å². The highest BCUT2D eigenvalue weighted by atomic mass is 15.1. The van der Waals surface area contributed by atoms with Gasteiger partial charge >= 0.3 is 0 Å². The van der Waals surface area contributed by atoms with Crippen LogP contribution in [0.3, 0.4) is 0 Å². The van der Waals surface area contributed by atoms with Crippen LogP contribution in [0, 0.1) is 6.92 Å². The van der Waals surface area contributed by atoms with E-state index in [-0.39, 0.29) is 0 Å². The highest BCUT2D eigenvalue weighted by molar-refractivity contribution is 5.69. The van der Waals surface area contributed by atoms with Crippen molar-refractivity contribution in [1.82, 2.24) is 4.98 Å². The minimum Gasteiger partial charge on any atom is -0.377 e. The van der Waals surface area contributed by atoms with Gasteiger partial charge in [-0.15, -0.1) is 0 Å². The third-order valence-corrected chi connectivity index (χ3v) is 2.70. The summed E-state index contributed by atoms with van der Waals surface area (Å²) in [6.07, 6.45) is 3.65. The zero-order valence-electron chi connectivity index (χ0n) is 9.94. The first-order chi connectivity index (χ1) is 7.68. The van der Waals surface area contributed by atoms with Crippen LogP contribution in [0.5, 0.6) is 0 Å². The smallest absolute Gasteiger partial charge is 0.0396 e. The Morgan fingerprint density at radius 2 is 1.62 bits per heavy atom. The molecule has 1 aromatic heterocycles. The minimum atomic E-state index is 1.21. The van der Waals surface area contributed by atoms with E-state index in [2.05, 4.69) is 49.1 Å². The Labute approximate surface area is 96.6 Å². The molecule has 2 heteroatoms. The number of benzene rings is 1. The first-order valence-corrected chi connectivity index (χ1v) is 5.37. The summed E-state index contributed by atoms with van der Waals surface area (Å²) in [7, 11) is 4.14. The van der Waals surface area contributed by atoms with Crippen molar-refractivity contribution in [2.45, 2.75) is 6.92 Å². The first kappa shape index (κ1) is 10.7. The zero-order valence-corrected chi connectivity index (χ0v) is 9.94. The summed E-state index contributed by atoms with van der Waals surface area (Å²) in [4.78, 5) is 6.17. The van der Waals surface area contributed by atoms with Crippen molar-refractivity contribution < 1.29 is 0 Å². The standard InChI is InChI=1S/C14H16N2/c1-11-4-5-13(10-14(11)16(2)3)12-6-8-15-9-7-12/h4-10H,1-3H3. The number of rotatable bonds is 2. The molecule has 0 aliphatic heterocycles. The third kappa shape index (κ3) is 2.06. The van der Waals surface area contributed by atoms with Gasteiger partial charge in [-0.05, 0) is 41.8 Å². The van der Waals surface area contributed by atoms with E-state index in [0.29, 0.717) is 0 Å². The Kier molecular flexibility index (Phi) is 2.91. The maximum atomic E-state index is 4.04. The van der Waals surface area contributed by atoms with Gasteiger partial charge < -0.3 is 4.90 Å². The molecule has 0 spiro atoms. The van der Waals surface area contributed by atoms with Crippen molar-refractivity contribution in [2.24, 2.45) is 0 Å². The summed E-state index contributed by atoms with van der Waals surface area (Å²) in [6, 6.07) is 10.6. The molecule has 1 aromatic carbocycles. The molecule has 0 radical (unpaired) electrons. The van der Waals surface area contributed by atoms with Gasteiger partial charge in [0, 0.05) is 32.2 Å². The predicted molar refractivity (Wildman–Crippen MR) is 68.7 cm³/mol. The molecular weight excluding hydrogens is 196 g/mol. The van der Waals surface area contributed by atoms with Crippen LogP contribution in [-0.2, 0) is 0 Å². The largest absolute Gasteiger partial charge is 0.377 e. The average Bonchev–Trinajstić information content (AvgIpc) is 2.30. The molecule has 0 saturated heterocycles. The molecule has 0 aliphatic rings. The Balaban J connectivity index is 2.48. The fraction of sp³-hybridized carbons (Fsp3) is 0.214. The molecule has 2 aromatic rings. The summed E-state index contributed by atoms with van der Waals surface area (Å²) in [5.41, 5.74) is 4.99. The Morgan fingerprint density at radius 1 is 0.938 bits per heavy atom. The van der Waals surface area contributed by atoms with Gasteiger partial charge in [0.05, 0.1) is 0 Å². The van der Waals surface area contributed by atoms with Gasteiger partial charge in [0.2, 0.25) is 0 Å². The normalized spacial score (nSPS) is 10.2. The molecule has 0 unspecified atom stereocenters. The zero-order chi connectivity index (χ0) is 11.5. The van der Waals surface area contributed by atoms with Crippen molar-refractivity contribution in [3.8, 4) is 11.1 Å². The fourth-order valence-corrected chi connectivity index (χ4v) is 1.82. The Bertz CT molecular complexity index is 475. The summed E-state index contributed by atoms with van der Waals surface area (Å²) < 4.78 is 0. The molecule has 82 valence electrons. The van der Waals surface area contributed by atoms with Crippen LogP contribution >= 0.6 is 0 Å². The predicted octanol–water partition coefficient (Wildman–Crippen LogP) is 3.12. The van der Waals surface area contributed by atoms with Gasteiger partial charge in [-0.3, -0.25) is 4.98 Å². The van der Waals surface area contributed by atoms with E-state index >= 15 is 0 Å². The van der Waals surface area contributed by atoms with E-state index in [1.807, 2.05) is 24.5 Å². The van der Waals surface area contributed by atoms with Gasteiger partial charge in [0.1, 0.15) is 0 Å². The maximum Gasteiger partial charge on any atom is 0.0396 e. The summed E-state index contributed by atoms with van der Waals surface area (Å²) in [5.74, 6) is 0. The second-order valence-electron chi connectivity index (χ2n) is 4.13.